The molecule has 0 N–H and O–H groups in total. The van der Waals surface area contributed by atoms with E-state index in [2.05, 4.69) is 80.7 Å². The van der Waals surface area contributed by atoms with Crippen LogP contribution in [0.15, 0.2) is 72.9 Å². The zero-order valence-electron chi connectivity index (χ0n) is 40.3. The summed E-state index contributed by atoms with van der Waals surface area (Å²) in [7, 11) is 1.10. The molecule has 0 heterocycles. The van der Waals surface area contributed by atoms with Crippen LogP contribution in [0.25, 0.3) is 0 Å². The number of likely N-dealkylation sites (N-methyl/N-ethyl adjacent to an activating group) is 1. The Kier molecular flexibility index (Phi) is 41.9. The number of allylic oxidation sites excluding steroid dienone is 12. The van der Waals surface area contributed by atoms with Crippen LogP contribution in [0.5, 0.6) is 0 Å². The summed E-state index contributed by atoms with van der Waals surface area (Å²) in [5.41, 5.74) is 0. The Hall–Kier alpha value is -2.55. The van der Waals surface area contributed by atoms with Gasteiger partial charge in [0.15, 0.2) is 6.10 Å². The molecule has 358 valence electrons. The van der Waals surface area contributed by atoms with Gasteiger partial charge in [-0.1, -0.05) is 177 Å². The van der Waals surface area contributed by atoms with E-state index < -0.39 is 32.5 Å². The van der Waals surface area contributed by atoms with Gasteiger partial charge in [0.25, 0.3) is 7.82 Å². The average molecular weight is 890 g/mol. The normalized spacial score (nSPS) is 14.1. The van der Waals surface area contributed by atoms with Crippen molar-refractivity contribution in [3.05, 3.63) is 72.9 Å². The zero-order chi connectivity index (χ0) is 45.7. The first-order valence-electron chi connectivity index (χ1n) is 24.6. The Morgan fingerprint density at radius 3 is 1.29 bits per heavy atom. The predicted molar refractivity (Wildman–Crippen MR) is 259 cm³/mol. The lowest BCUT2D eigenvalue weighted by atomic mass is 10.1. The van der Waals surface area contributed by atoms with E-state index in [9.17, 15) is 19.0 Å². The summed E-state index contributed by atoms with van der Waals surface area (Å²) >= 11 is 0. The van der Waals surface area contributed by atoms with Crippen molar-refractivity contribution in [2.45, 2.75) is 200 Å². The number of hydrogen-bond donors (Lipinski definition) is 0. The molecule has 0 aliphatic carbocycles. The highest BCUT2D eigenvalue weighted by Gasteiger charge is 2.21. The second-order valence-corrected chi connectivity index (χ2v) is 18.9. The van der Waals surface area contributed by atoms with Gasteiger partial charge in [0.1, 0.15) is 19.8 Å². The van der Waals surface area contributed by atoms with Crippen LogP contribution in [-0.4, -0.2) is 70.0 Å². The van der Waals surface area contributed by atoms with Crippen LogP contribution in [0.3, 0.4) is 0 Å². The molecule has 0 amide bonds. The smallest absolute Gasteiger partial charge is 0.306 e. The SMILES string of the molecule is CCCCCCCCC/C=C/C/C=C/C/C=C/C/C=C/CCCC(=O)O[C@H](COC(=O)CCC/C=C/C/C=C/CCCCCCCCCCC)COP(=O)([O-])OCC[N+](C)(C)C. The summed E-state index contributed by atoms with van der Waals surface area (Å²) in [4.78, 5) is 37.6. The van der Waals surface area contributed by atoms with E-state index in [-0.39, 0.29) is 26.1 Å². The van der Waals surface area contributed by atoms with Gasteiger partial charge in [-0.3, -0.25) is 14.2 Å². The summed E-state index contributed by atoms with van der Waals surface area (Å²) in [5.74, 6) is -0.956. The van der Waals surface area contributed by atoms with Gasteiger partial charge in [-0.2, -0.15) is 0 Å². The molecule has 0 saturated heterocycles. The molecule has 0 rings (SSSR count). The number of quaternary nitrogens is 1. The van der Waals surface area contributed by atoms with Crippen molar-refractivity contribution in [2.75, 3.05) is 47.5 Å². The van der Waals surface area contributed by atoms with E-state index in [1.54, 1.807) is 0 Å². The third-order valence-corrected chi connectivity index (χ3v) is 11.2. The minimum atomic E-state index is -4.66. The summed E-state index contributed by atoms with van der Waals surface area (Å²) in [6.45, 7) is 4.11. The quantitative estimate of drug-likeness (QED) is 0.0195. The maximum Gasteiger partial charge on any atom is 0.306 e. The van der Waals surface area contributed by atoms with Gasteiger partial charge in [-0.15, -0.1) is 0 Å². The molecular weight excluding hydrogens is 798 g/mol. The van der Waals surface area contributed by atoms with E-state index in [1.165, 1.54) is 109 Å². The number of carbonyl (C=O) groups excluding carboxylic acids is 2. The van der Waals surface area contributed by atoms with Crippen LogP contribution < -0.4 is 4.89 Å². The zero-order valence-corrected chi connectivity index (χ0v) is 41.2. The molecule has 62 heavy (non-hydrogen) atoms. The fourth-order valence-corrected chi connectivity index (χ4v) is 7.06. The number of phosphoric acid groups is 1. The highest BCUT2D eigenvalue weighted by molar-refractivity contribution is 7.45. The predicted octanol–water partition coefficient (Wildman–Crippen LogP) is 13.9. The Labute approximate surface area is 380 Å². The second-order valence-electron chi connectivity index (χ2n) is 17.5. The van der Waals surface area contributed by atoms with Crippen molar-refractivity contribution in [2.24, 2.45) is 0 Å². The lowest BCUT2D eigenvalue weighted by Crippen LogP contribution is -2.37. The summed E-state index contributed by atoms with van der Waals surface area (Å²) in [5, 5.41) is 0. The van der Waals surface area contributed by atoms with Crippen molar-refractivity contribution < 1.29 is 42.1 Å². The van der Waals surface area contributed by atoms with Crippen LogP contribution in [0, 0.1) is 0 Å². The van der Waals surface area contributed by atoms with Gasteiger partial charge in [0.05, 0.1) is 27.7 Å². The van der Waals surface area contributed by atoms with Gasteiger partial charge in [0, 0.05) is 12.8 Å². The van der Waals surface area contributed by atoms with Crippen LogP contribution in [0.4, 0.5) is 0 Å². The molecule has 0 aromatic heterocycles. The van der Waals surface area contributed by atoms with Crippen molar-refractivity contribution in [1.29, 1.82) is 0 Å². The first kappa shape index (κ1) is 59.5. The van der Waals surface area contributed by atoms with Crippen molar-refractivity contribution in [1.82, 2.24) is 0 Å². The molecule has 2 atom stereocenters. The molecule has 0 saturated carbocycles. The van der Waals surface area contributed by atoms with Gasteiger partial charge in [-0.05, 0) is 77.0 Å². The van der Waals surface area contributed by atoms with Crippen molar-refractivity contribution in [3.8, 4) is 0 Å². The maximum absolute atomic E-state index is 12.7. The number of phosphoric ester groups is 1. The molecule has 1 unspecified atom stereocenters. The summed E-state index contributed by atoms with van der Waals surface area (Å²) < 4.78 is 33.9. The Morgan fingerprint density at radius 2 is 0.871 bits per heavy atom. The molecule has 0 aliphatic heterocycles. The maximum atomic E-state index is 12.7. The minimum absolute atomic E-state index is 0.0501. The number of unbranched alkanes of at least 4 members (excludes halogenated alkanes) is 18. The Morgan fingerprint density at radius 1 is 0.500 bits per heavy atom. The Balaban J connectivity index is 4.46. The molecule has 10 heteroatoms. The van der Waals surface area contributed by atoms with Crippen molar-refractivity contribution >= 4 is 19.8 Å². The minimum Gasteiger partial charge on any atom is -0.756 e. The topological polar surface area (TPSA) is 111 Å². The first-order chi connectivity index (χ1) is 30.0. The lowest BCUT2D eigenvalue weighted by Gasteiger charge is -2.28. The lowest BCUT2D eigenvalue weighted by molar-refractivity contribution is -0.870. The largest absolute Gasteiger partial charge is 0.756 e. The van der Waals surface area contributed by atoms with E-state index in [1.807, 2.05) is 27.2 Å². The monoisotopic (exact) mass is 890 g/mol. The standard InChI is InChI=1S/C52H92NO8P/c1-6-8-10-12-14-16-18-20-22-24-25-26-27-29-31-33-35-37-39-41-43-45-52(55)61-50(49-60-62(56,57)59-47-46-53(3,4)5)48-58-51(54)44-42-40-38-36-34-32-30-28-23-21-19-17-15-13-11-9-7-2/h22,24,26-27,30-33,36-39,50H,6-21,23,25,28-29,34-35,40-49H2,1-5H3/b24-22+,27-26+,32-30+,33-31+,38-36+,39-37+/t50-/m1/s1. The van der Waals surface area contributed by atoms with E-state index in [0.29, 0.717) is 30.3 Å². The number of hydrogen-bond acceptors (Lipinski definition) is 8. The van der Waals surface area contributed by atoms with Gasteiger partial charge in [0.2, 0.25) is 0 Å². The third-order valence-electron chi connectivity index (χ3n) is 10.2. The average Bonchev–Trinajstić information content (AvgIpc) is 3.23. The molecule has 0 aromatic rings. The highest BCUT2D eigenvalue weighted by Crippen LogP contribution is 2.38. The molecule has 0 bridgehead atoms. The van der Waals surface area contributed by atoms with Crippen LogP contribution in [0.1, 0.15) is 194 Å². The van der Waals surface area contributed by atoms with E-state index >= 15 is 0 Å². The van der Waals surface area contributed by atoms with Gasteiger partial charge < -0.3 is 27.9 Å². The number of rotatable bonds is 44. The van der Waals surface area contributed by atoms with Crippen LogP contribution >= 0.6 is 7.82 Å². The van der Waals surface area contributed by atoms with Crippen LogP contribution in [-0.2, 0) is 32.7 Å². The van der Waals surface area contributed by atoms with Crippen molar-refractivity contribution in [3.63, 3.8) is 0 Å². The molecule has 9 nitrogen and oxygen atoms in total. The number of nitrogens with zero attached hydrogens (tertiary/aromatic N) is 1. The number of ether oxygens (including phenoxy) is 2. The first-order valence-corrected chi connectivity index (χ1v) is 26.1. The Bertz CT molecular complexity index is 1280. The number of esters is 2. The summed E-state index contributed by atoms with van der Waals surface area (Å²) in [6.07, 6.45) is 55.3. The van der Waals surface area contributed by atoms with Crippen LogP contribution in [0.2, 0.25) is 0 Å². The summed E-state index contributed by atoms with van der Waals surface area (Å²) in [6, 6.07) is 0. The molecule has 0 aromatic carbocycles. The molecule has 0 spiro atoms. The van der Waals surface area contributed by atoms with E-state index in [4.69, 9.17) is 18.5 Å². The third kappa shape index (κ3) is 46.9. The van der Waals surface area contributed by atoms with Gasteiger partial charge in [-0.25, -0.2) is 0 Å². The fraction of sp³-hybridized carbons (Fsp3) is 0.731. The molecule has 0 radical (unpaired) electrons. The fourth-order valence-electron chi connectivity index (χ4n) is 6.33. The molecular formula is C52H92NO8P. The number of carbonyl (C=O) groups is 2. The van der Waals surface area contributed by atoms with E-state index in [0.717, 1.165) is 38.5 Å². The second kappa shape index (κ2) is 43.7. The molecule has 0 aliphatic rings. The van der Waals surface area contributed by atoms with Gasteiger partial charge >= 0.3 is 11.9 Å². The highest BCUT2D eigenvalue weighted by atomic mass is 31.2. The molecule has 0 fully saturated rings.